The first-order valence-corrected chi connectivity index (χ1v) is 7.42. The summed E-state index contributed by atoms with van der Waals surface area (Å²) in [7, 11) is 0. The maximum absolute atomic E-state index is 13.2. The Labute approximate surface area is 145 Å². The van der Waals surface area contributed by atoms with Gasteiger partial charge in [-0.2, -0.15) is 5.10 Å². The van der Waals surface area contributed by atoms with Crippen LogP contribution in [0.25, 0.3) is 11.3 Å². The highest BCUT2D eigenvalue weighted by molar-refractivity contribution is 5.55. The van der Waals surface area contributed by atoms with Crippen molar-refractivity contribution >= 4 is 0 Å². The lowest BCUT2D eigenvalue weighted by atomic mass is 10.2. The quantitative estimate of drug-likeness (QED) is 0.666. The number of hydrogen-bond donors (Lipinski definition) is 0. The summed E-state index contributed by atoms with van der Waals surface area (Å²) in [5.74, 6) is -0.514. The van der Waals surface area contributed by atoms with Crippen LogP contribution in [0, 0.1) is 5.82 Å². The first-order valence-electron chi connectivity index (χ1n) is 7.42. The van der Waals surface area contributed by atoms with Crippen LogP contribution in [0.15, 0.2) is 47.8 Å². The summed E-state index contributed by atoms with van der Waals surface area (Å²) < 4.78 is 43.3. The maximum atomic E-state index is 13.2. The van der Waals surface area contributed by atoms with Crippen molar-refractivity contribution in [2.45, 2.75) is 13.0 Å². The van der Waals surface area contributed by atoms with Crippen LogP contribution >= 0.6 is 0 Å². The first kappa shape index (κ1) is 17.5. The van der Waals surface area contributed by atoms with E-state index in [0.29, 0.717) is 16.8 Å². The van der Waals surface area contributed by atoms with Crippen molar-refractivity contribution < 1.29 is 17.9 Å². The van der Waals surface area contributed by atoms with Crippen molar-refractivity contribution in [1.82, 2.24) is 24.7 Å². The first-order chi connectivity index (χ1) is 12.5. The molecule has 3 heterocycles. The zero-order valence-corrected chi connectivity index (χ0v) is 13.2. The summed E-state index contributed by atoms with van der Waals surface area (Å²) in [5.41, 5.74) is 0.939. The van der Waals surface area contributed by atoms with Crippen LogP contribution in [-0.4, -0.2) is 37.8 Å². The molecule has 0 aromatic carbocycles. The van der Waals surface area contributed by atoms with Crippen LogP contribution in [-0.2, 0) is 6.54 Å². The molecule has 7 nitrogen and oxygen atoms in total. The van der Waals surface area contributed by atoms with Crippen molar-refractivity contribution in [1.29, 1.82) is 0 Å². The van der Waals surface area contributed by atoms with Gasteiger partial charge in [0.15, 0.2) is 6.61 Å². The zero-order chi connectivity index (χ0) is 18.5. The Morgan fingerprint density at radius 1 is 1.12 bits per heavy atom. The minimum atomic E-state index is -2.62. The molecular weight excluding hydrogens is 351 g/mol. The molecule has 134 valence electrons. The highest BCUT2D eigenvalue weighted by Gasteiger charge is 2.09. The van der Waals surface area contributed by atoms with Gasteiger partial charge in [-0.1, -0.05) is 0 Å². The molecule has 0 saturated carbocycles. The number of aromatic nitrogens is 5. The average molecular weight is 363 g/mol. The molecule has 3 aromatic rings. The predicted molar refractivity (Wildman–Crippen MR) is 84.3 cm³/mol. The normalized spacial score (nSPS) is 10.9. The van der Waals surface area contributed by atoms with E-state index < -0.39 is 18.8 Å². The van der Waals surface area contributed by atoms with Gasteiger partial charge in [0.25, 0.3) is 12.0 Å². The fraction of sp³-hybridized carbons (Fsp3) is 0.188. The molecule has 0 aliphatic carbocycles. The number of halogens is 3. The SMILES string of the molecule is O=c1ccc(-c2cnc(OCC(F)F)nc2)nn1Cc1cncc(F)c1. The van der Waals surface area contributed by atoms with E-state index in [2.05, 4.69) is 20.1 Å². The van der Waals surface area contributed by atoms with E-state index in [4.69, 9.17) is 4.74 Å². The second-order valence-corrected chi connectivity index (χ2v) is 5.18. The number of nitrogens with zero attached hydrogens (tertiary/aromatic N) is 5. The molecule has 0 unspecified atom stereocenters. The molecule has 0 fully saturated rings. The van der Waals surface area contributed by atoms with Crippen LogP contribution in [0.2, 0.25) is 0 Å². The average Bonchev–Trinajstić information content (AvgIpc) is 2.62. The summed E-state index contributed by atoms with van der Waals surface area (Å²) in [5, 5.41) is 4.18. The molecule has 3 aromatic heterocycles. The Hall–Kier alpha value is -3.30. The van der Waals surface area contributed by atoms with Gasteiger partial charge in [-0.05, 0) is 17.7 Å². The molecule has 26 heavy (non-hydrogen) atoms. The van der Waals surface area contributed by atoms with Gasteiger partial charge >= 0.3 is 6.01 Å². The van der Waals surface area contributed by atoms with Crippen molar-refractivity contribution in [3.63, 3.8) is 0 Å². The summed E-state index contributed by atoms with van der Waals surface area (Å²) in [6.07, 6.45) is 2.55. The smallest absolute Gasteiger partial charge is 0.316 e. The van der Waals surface area contributed by atoms with Crippen molar-refractivity contribution in [3.05, 3.63) is 64.7 Å². The number of rotatable bonds is 6. The Kier molecular flexibility index (Phi) is 5.20. The topological polar surface area (TPSA) is 82.8 Å². The minimum Gasteiger partial charge on any atom is -0.457 e. The van der Waals surface area contributed by atoms with Crippen LogP contribution in [0.4, 0.5) is 13.2 Å². The number of ether oxygens (including phenoxy) is 1. The lowest BCUT2D eigenvalue weighted by Crippen LogP contribution is -2.23. The third-order valence-electron chi connectivity index (χ3n) is 3.22. The molecule has 0 amide bonds. The van der Waals surface area contributed by atoms with Gasteiger partial charge in [-0.25, -0.2) is 27.8 Å². The molecule has 3 rings (SSSR count). The fourth-order valence-electron chi connectivity index (χ4n) is 2.09. The van der Waals surface area contributed by atoms with Crippen LogP contribution in [0.5, 0.6) is 6.01 Å². The van der Waals surface area contributed by atoms with Gasteiger partial charge < -0.3 is 4.74 Å². The Morgan fingerprint density at radius 3 is 2.58 bits per heavy atom. The zero-order valence-electron chi connectivity index (χ0n) is 13.2. The predicted octanol–water partition coefficient (Wildman–Crippen LogP) is 1.93. The van der Waals surface area contributed by atoms with E-state index in [1.807, 2.05) is 0 Å². The largest absolute Gasteiger partial charge is 0.457 e. The van der Waals surface area contributed by atoms with Gasteiger partial charge in [0.1, 0.15) is 5.82 Å². The molecule has 0 atom stereocenters. The molecule has 0 aliphatic rings. The van der Waals surface area contributed by atoms with Crippen molar-refractivity contribution in [2.75, 3.05) is 6.61 Å². The lowest BCUT2D eigenvalue weighted by molar-refractivity contribution is 0.0770. The van der Waals surface area contributed by atoms with E-state index in [-0.39, 0.29) is 18.1 Å². The number of alkyl halides is 2. The molecule has 0 N–H and O–H groups in total. The van der Waals surface area contributed by atoms with E-state index in [9.17, 15) is 18.0 Å². The van der Waals surface area contributed by atoms with E-state index in [0.717, 1.165) is 10.9 Å². The maximum Gasteiger partial charge on any atom is 0.316 e. The van der Waals surface area contributed by atoms with Gasteiger partial charge in [0, 0.05) is 30.2 Å². The Bertz CT molecular complexity index is 947. The highest BCUT2D eigenvalue weighted by atomic mass is 19.3. The van der Waals surface area contributed by atoms with Crippen LogP contribution in [0.1, 0.15) is 5.56 Å². The van der Waals surface area contributed by atoms with Gasteiger partial charge in [-0.3, -0.25) is 9.78 Å². The third kappa shape index (κ3) is 4.41. The Morgan fingerprint density at radius 2 is 1.88 bits per heavy atom. The van der Waals surface area contributed by atoms with Gasteiger partial charge in [0.05, 0.1) is 18.4 Å². The number of pyridine rings is 1. The van der Waals surface area contributed by atoms with Crippen molar-refractivity contribution in [2.24, 2.45) is 0 Å². The molecule has 0 aliphatic heterocycles. The van der Waals surface area contributed by atoms with E-state index >= 15 is 0 Å². The monoisotopic (exact) mass is 363 g/mol. The van der Waals surface area contributed by atoms with E-state index in [1.165, 1.54) is 36.8 Å². The highest BCUT2D eigenvalue weighted by Crippen LogP contribution is 2.15. The standard InChI is InChI=1S/C16H12F3N5O2/c17-12-3-10(4-20-7-12)8-24-15(25)2-1-13(23-24)11-5-21-16(22-6-11)26-9-14(18)19/h1-7,14H,8-9H2. The van der Waals surface area contributed by atoms with Gasteiger partial charge in [-0.15, -0.1) is 0 Å². The summed E-state index contributed by atoms with van der Waals surface area (Å²) in [6, 6.07) is 3.84. The lowest BCUT2D eigenvalue weighted by Gasteiger charge is -2.08. The molecule has 10 heteroatoms. The molecule has 0 radical (unpaired) electrons. The van der Waals surface area contributed by atoms with Crippen LogP contribution < -0.4 is 10.3 Å². The summed E-state index contributed by atoms with van der Waals surface area (Å²) in [6.45, 7) is -0.766. The number of hydrogen-bond acceptors (Lipinski definition) is 6. The van der Waals surface area contributed by atoms with Crippen molar-refractivity contribution in [3.8, 4) is 17.3 Å². The summed E-state index contributed by atoms with van der Waals surface area (Å²) in [4.78, 5) is 23.3. The minimum absolute atomic E-state index is 0.0356. The second kappa shape index (κ2) is 7.72. The van der Waals surface area contributed by atoms with E-state index in [1.54, 1.807) is 0 Å². The Balaban J connectivity index is 1.81. The molecule has 0 spiro atoms. The molecule has 0 bridgehead atoms. The fourth-order valence-corrected chi connectivity index (χ4v) is 2.09. The van der Waals surface area contributed by atoms with Crippen LogP contribution in [0.3, 0.4) is 0 Å². The molecule has 0 saturated heterocycles. The summed E-state index contributed by atoms with van der Waals surface area (Å²) >= 11 is 0. The third-order valence-corrected chi connectivity index (χ3v) is 3.22. The molecular formula is C16H12F3N5O2. The van der Waals surface area contributed by atoms with Gasteiger partial charge in [0.2, 0.25) is 0 Å². The second-order valence-electron chi connectivity index (χ2n) is 5.18.